The van der Waals surface area contributed by atoms with E-state index in [-0.39, 0.29) is 16.8 Å². The number of carbonyl (C=O) groups is 1. The molecule has 1 amide bonds. The molecule has 1 aliphatic heterocycles. The van der Waals surface area contributed by atoms with E-state index in [1.54, 1.807) is 36.4 Å². The van der Waals surface area contributed by atoms with Gasteiger partial charge < -0.3 is 10.1 Å². The minimum absolute atomic E-state index is 0.159. The topological polar surface area (TPSA) is 75.7 Å². The second kappa shape index (κ2) is 7.35. The van der Waals surface area contributed by atoms with Gasteiger partial charge in [-0.3, -0.25) is 4.79 Å². The Morgan fingerprint density at radius 2 is 1.92 bits per heavy atom. The number of rotatable bonds is 4. The minimum Gasteiger partial charge on any atom is -0.378 e. The molecule has 1 fully saturated rings. The maximum absolute atomic E-state index is 12.9. The second-order valence-corrected chi connectivity index (χ2v) is 7.78. The van der Waals surface area contributed by atoms with Gasteiger partial charge in [-0.2, -0.15) is 4.31 Å². The van der Waals surface area contributed by atoms with Crippen molar-refractivity contribution in [2.45, 2.75) is 17.9 Å². The van der Waals surface area contributed by atoms with Gasteiger partial charge in [0.05, 0.1) is 18.1 Å². The van der Waals surface area contributed by atoms with Crippen molar-refractivity contribution in [2.24, 2.45) is 0 Å². The molecular formula is C18H20N2O4S. The summed E-state index contributed by atoms with van der Waals surface area (Å²) in [6.07, 6.45) is 0. The first kappa shape index (κ1) is 17.6. The molecule has 0 aromatic heterocycles. The molecule has 132 valence electrons. The van der Waals surface area contributed by atoms with Crippen molar-refractivity contribution in [3.8, 4) is 0 Å². The smallest absolute Gasteiger partial charge is 0.255 e. The molecule has 2 aromatic rings. The van der Waals surface area contributed by atoms with Crippen LogP contribution in [0.25, 0.3) is 0 Å². The van der Waals surface area contributed by atoms with E-state index in [1.165, 1.54) is 16.4 Å². The number of hydrogen-bond donors (Lipinski definition) is 1. The molecule has 3 rings (SSSR count). The lowest BCUT2D eigenvalue weighted by molar-refractivity contribution is 0.0393. The van der Waals surface area contributed by atoms with E-state index >= 15 is 0 Å². The number of amides is 1. The number of sulfonamides is 1. The normalized spacial score (nSPS) is 18.7. The van der Waals surface area contributed by atoms with Crippen molar-refractivity contribution in [1.29, 1.82) is 0 Å². The molecule has 1 saturated heterocycles. The van der Waals surface area contributed by atoms with Crippen LogP contribution in [0.4, 0.5) is 5.69 Å². The highest BCUT2D eigenvalue weighted by atomic mass is 32.2. The maximum Gasteiger partial charge on any atom is 0.255 e. The molecule has 1 aliphatic rings. The largest absolute Gasteiger partial charge is 0.378 e. The molecular weight excluding hydrogens is 340 g/mol. The SMILES string of the molecule is CC1COCCN1S(=O)(=O)c1cccc(NC(=O)c2ccccc2)c1. The average molecular weight is 360 g/mol. The molecule has 1 atom stereocenters. The number of morpholine rings is 1. The standard InChI is InChI=1S/C18H20N2O4S/c1-14-13-24-11-10-20(14)25(22,23)17-9-5-8-16(12-17)19-18(21)15-6-3-2-4-7-15/h2-9,12,14H,10-11,13H2,1H3,(H,19,21). The third-order valence-corrected chi connectivity index (χ3v) is 6.05. The number of benzene rings is 2. The van der Waals surface area contributed by atoms with Crippen molar-refractivity contribution in [3.63, 3.8) is 0 Å². The van der Waals surface area contributed by atoms with Crippen LogP contribution in [0.3, 0.4) is 0 Å². The maximum atomic E-state index is 12.9. The van der Waals surface area contributed by atoms with E-state index in [2.05, 4.69) is 5.32 Å². The highest BCUT2D eigenvalue weighted by Gasteiger charge is 2.31. The summed E-state index contributed by atoms with van der Waals surface area (Å²) in [5.74, 6) is -0.283. The van der Waals surface area contributed by atoms with Crippen LogP contribution in [-0.4, -0.2) is 44.4 Å². The number of nitrogens with zero attached hydrogens (tertiary/aromatic N) is 1. The van der Waals surface area contributed by atoms with Crippen LogP contribution in [-0.2, 0) is 14.8 Å². The number of anilines is 1. The molecule has 1 unspecified atom stereocenters. The fourth-order valence-corrected chi connectivity index (χ4v) is 4.38. The molecule has 0 radical (unpaired) electrons. The van der Waals surface area contributed by atoms with E-state index in [1.807, 2.05) is 13.0 Å². The van der Waals surface area contributed by atoms with Gasteiger partial charge in [0.2, 0.25) is 10.0 Å². The van der Waals surface area contributed by atoms with E-state index in [4.69, 9.17) is 4.74 Å². The van der Waals surface area contributed by atoms with Crippen molar-refractivity contribution >= 4 is 21.6 Å². The van der Waals surface area contributed by atoms with Gasteiger partial charge in [0, 0.05) is 23.8 Å². The Kier molecular flexibility index (Phi) is 5.17. The first-order valence-corrected chi connectivity index (χ1v) is 9.48. The fourth-order valence-electron chi connectivity index (χ4n) is 2.73. The number of hydrogen-bond acceptors (Lipinski definition) is 4. The molecule has 0 saturated carbocycles. The zero-order chi connectivity index (χ0) is 17.9. The molecule has 2 aromatic carbocycles. The molecule has 1 N–H and O–H groups in total. The zero-order valence-corrected chi connectivity index (χ0v) is 14.7. The molecule has 0 aliphatic carbocycles. The van der Waals surface area contributed by atoms with Crippen molar-refractivity contribution < 1.29 is 17.9 Å². The first-order chi connectivity index (χ1) is 12.0. The number of nitrogens with one attached hydrogen (secondary N) is 1. The van der Waals surface area contributed by atoms with Crippen LogP contribution in [0.1, 0.15) is 17.3 Å². The van der Waals surface area contributed by atoms with Crippen LogP contribution in [0, 0.1) is 0 Å². The van der Waals surface area contributed by atoms with E-state index in [0.29, 0.717) is 31.0 Å². The lowest BCUT2D eigenvalue weighted by Crippen LogP contribution is -2.46. The molecule has 0 spiro atoms. The van der Waals surface area contributed by atoms with Crippen molar-refractivity contribution in [1.82, 2.24) is 4.31 Å². The van der Waals surface area contributed by atoms with E-state index < -0.39 is 10.0 Å². The average Bonchev–Trinajstić information content (AvgIpc) is 2.63. The molecule has 1 heterocycles. The summed E-state index contributed by atoms with van der Waals surface area (Å²) in [5, 5.41) is 2.74. The summed E-state index contributed by atoms with van der Waals surface area (Å²) >= 11 is 0. The third-order valence-electron chi connectivity index (χ3n) is 4.04. The van der Waals surface area contributed by atoms with Crippen LogP contribution in [0.2, 0.25) is 0 Å². The zero-order valence-electron chi connectivity index (χ0n) is 13.9. The monoisotopic (exact) mass is 360 g/mol. The van der Waals surface area contributed by atoms with Crippen LogP contribution in [0.15, 0.2) is 59.5 Å². The van der Waals surface area contributed by atoms with Gasteiger partial charge >= 0.3 is 0 Å². The predicted molar refractivity (Wildman–Crippen MR) is 95.0 cm³/mol. The van der Waals surface area contributed by atoms with Crippen molar-refractivity contribution in [3.05, 3.63) is 60.2 Å². The van der Waals surface area contributed by atoms with Gasteiger partial charge in [0.15, 0.2) is 0 Å². The molecule has 25 heavy (non-hydrogen) atoms. The fraction of sp³-hybridized carbons (Fsp3) is 0.278. The van der Waals surface area contributed by atoms with Gasteiger partial charge in [-0.1, -0.05) is 24.3 Å². The highest BCUT2D eigenvalue weighted by Crippen LogP contribution is 2.23. The third kappa shape index (κ3) is 3.89. The lowest BCUT2D eigenvalue weighted by Gasteiger charge is -2.32. The number of carbonyl (C=O) groups excluding carboxylic acids is 1. The summed E-state index contributed by atoms with van der Waals surface area (Å²) < 4.78 is 32.5. The Balaban J connectivity index is 1.82. The summed E-state index contributed by atoms with van der Waals surface area (Å²) in [7, 11) is -3.63. The summed E-state index contributed by atoms with van der Waals surface area (Å²) in [6.45, 7) is 2.90. The summed E-state index contributed by atoms with van der Waals surface area (Å²) in [4.78, 5) is 12.4. The molecule has 7 heteroatoms. The van der Waals surface area contributed by atoms with E-state index in [9.17, 15) is 13.2 Å². The Morgan fingerprint density at radius 1 is 1.16 bits per heavy atom. The minimum atomic E-state index is -3.63. The van der Waals surface area contributed by atoms with Gasteiger partial charge in [-0.05, 0) is 37.3 Å². The molecule has 6 nitrogen and oxygen atoms in total. The Labute approximate surface area is 147 Å². The van der Waals surface area contributed by atoms with Crippen molar-refractivity contribution in [2.75, 3.05) is 25.1 Å². The number of ether oxygens (including phenoxy) is 1. The van der Waals surface area contributed by atoms with Crippen LogP contribution >= 0.6 is 0 Å². The van der Waals surface area contributed by atoms with E-state index in [0.717, 1.165) is 0 Å². The Bertz CT molecular complexity index is 852. The molecule has 0 bridgehead atoms. The highest BCUT2D eigenvalue weighted by molar-refractivity contribution is 7.89. The first-order valence-electron chi connectivity index (χ1n) is 8.04. The van der Waals surface area contributed by atoms with Gasteiger partial charge in [0.1, 0.15) is 0 Å². The van der Waals surface area contributed by atoms with Gasteiger partial charge in [-0.25, -0.2) is 8.42 Å². The van der Waals surface area contributed by atoms with Gasteiger partial charge in [-0.15, -0.1) is 0 Å². The van der Waals surface area contributed by atoms with Gasteiger partial charge in [0.25, 0.3) is 5.91 Å². The predicted octanol–water partition coefficient (Wildman–Crippen LogP) is 2.35. The summed E-state index contributed by atoms with van der Waals surface area (Å²) in [6, 6.07) is 14.9. The summed E-state index contributed by atoms with van der Waals surface area (Å²) in [5.41, 5.74) is 0.952. The van der Waals surface area contributed by atoms with Crippen LogP contribution in [0.5, 0.6) is 0 Å². The second-order valence-electron chi connectivity index (χ2n) is 5.89. The Hall–Kier alpha value is -2.22. The van der Waals surface area contributed by atoms with Crippen LogP contribution < -0.4 is 5.32 Å². The Morgan fingerprint density at radius 3 is 2.64 bits per heavy atom. The lowest BCUT2D eigenvalue weighted by atomic mass is 10.2. The quantitative estimate of drug-likeness (QED) is 0.908.